The van der Waals surface area contributed by atoms with Crippen LogP contribution in [0.4, 0.5) is 5.69 Å². The van der Waals surface area contributed by atoms with Gasteiger partial charge in [0.15, 0.2) is 0 Å². The van der Waals surface area contributed by atoms with Gasteiger partial charge in [0, 0.05) is 30.8 Å². The second kappa shape index (κ2) is 8.05. The van der Waals surface area contributed by atoms with E-state index in [1.165, 1.54) is 0 Å². The second-order valence-corrected chi connectivity index (χ2v) is 7.52. The van der Waals surface area contributed by atoms with Crippen LogP contribution in [0, 0.1) is 0 Å². The molecule has 4 N–H and O–H groups in total. The predicted octanol–water partition coefficient (Wildman–Crippen LogP) is 1.36. The van der Waals surface area contributed by atoms with E-state index in [4.69, 9.17) is 5.73 Å². The molecule has 4 rings (SSSR count). The van der Waals surface area contributed by atoms with Crippen molar-refractivity contribution in [3.8, 4) is 0 Å². The minimum atomic E-state index is -0.586. The number of carbonyl (C=O) groups excluding carboxylic acids is 3. The second-order valence-electron chi connectivity index (χ2n) is 7.52. The van der Waals surface area contributed by atoms with Gasteiger partial charge in [-0.25, -0.2) is 0 Å². The van der Waals surface area contributed by atoms with Crippen molar-refractivity contribution in [2.24, 2.45) is 0 Å². The Morgan fingerprint density at radius 1 is 1.14 bits per heavy atom. The number of piperidine rings is 1. The summed E-state index contributed by atoms with van der Waals surface area (Å²) >= 11 is 0. The van der Waals surface area contributed by atoms with Gasteiger partial charge in [-0.1, -0.05) is 30.3 Å². The van der Waals surface area contributed by atoms with E-state index in [0.717, 1.165) is 35.3 Å². The van der Waals surface area contributed by atoms with Gasteiger partial charge in [0.05, 0.1) is 0 Å². The van der Waals surface area contributed by atoms with E-state index in [-0.39, 0.29) is 24.1 Å². The predicted molar refractivity (Wildman–Crippen MR) is 109 cm³/mol. The summed E-state index contributed by atoms with van der Waals surface area (Å²) in [7, 11) is 0. The van der Waals surface area contributed by atoms with Crippen LogP contribution in [-0.2, 0) is 29.1 Å². The van der Waals surface area contributed by atoms with Crippen LogP contribution in [0.15, 0.2) is 42.5 Å². The number of fused-ring (bicyclic) bond motifs is 1. The van der Waals surface area contributed by atoms with Gasteiger partial charge >= 0.3 is 0 Å². The number of carbonyl (C=O) groups is 3. The van der Waals surface area contributed by atoms with Gasteiger partial charge in [-0.15, -0.1) is 0 Å². The van der Waals surface area contributed by atoms with Crippen molar-refractivity contribution in [2.75, 3.05) is 12.3 Å². The summed E-state index contributed by atoms with van der Waals surface area (Å²) in [4.78, 5) is 38.2. The van der Waals surface area contributed by atoms with Crippen LogP contribution in [0.2, 0.25) is 0 Å². The number of nitrogens with zero attached hydrogens (tertiary/aromatic N) is 1. The molecule has 0 saturated carbocycles. The van der Waals surface area contributed by atoms with Crippen molar-refractivity contribution in [2.45, 2.75) is 38.4 Å². The molecule has 150 valence electrons. The molecule has 0 radical (unpaired) electrons. The molecule has 7 heteroatoms. The van der Waals surface area contributed by atoms with Crippen LogP contribution in [0.5, 0.6) is 0 Å². The number of nitrogens with two attached hydrogens (primary N) is 1. The summed E-state index contributed by atoms with van der Waals surface area (Å²) in [6.45, 7) is 1.73. The third-order valence-electron chi connectivity index (χ3n) is 5.50. The number of hydrogen-bond donors (Lipinski definition) is 3. The largest absolute Gasteiger partial charge is 0.399 e. The number of rotatable bonds is 6. The topological polar surface area (TPSA) is 105 Å². The zero-order valence-electron chi connectivity index (χ0n) is 16.1. The molecule has 7 nitrogen and oxygen atoms in total. The number of hydrogen-bond acceptors (Lipinski definition) is 5. The zero-order chi connectivity index (χ0) is 20.4. The molecular weight excluding hydrogens is 368 g/mol. The quantitative estimate of drug-likeness (QED) is 0.391. The normalized spacial score (nSPS) is 18.7. The highest BCUT2D eigenvalue weighted by atomic mass is 16.2. The maximum atomic E-state index is 13.1. The summed E-state index contributed by atoms with van der Waals surface area (Å²) in [6, 6.07) is 13.0. The average molecular weight is 392 g/mol. The monoisotopic (exact) mass is 392 g/mol. The molecular formula is C22H24N4O3. The Morgan fingerprint density at radius 2 is 1.97 bits per heavy atom. The standard InChI is InChI=1S/C22H24N4O3/c23-17-6-1-3-14(11-17)9-10-24-12-15-4-2-5-16-13-26(22(29)20(15)16)18-7-8-19(27)25-21(18)28/h1-6,11,18,24H,7-10,12-13,23H2,(H,25,27,28). The highest BCUT2D eigenvalue weighted by Gasteiger charge is 2.39. The SMILES string of the molecule is Nc1cccc(CCNCc2cccc3c2C(=O)N(C2CCC(=O)NC2=O)C3)c1. The lowest BCUT2D eigenvalue weighted by Gasteiger charge is -2.29. The van der Waals surface area contributed by atoms with Crippen LogP contribution in [0.3, 0.4) is 0 Å². The van der Waals surface area contributed by atoms with Gasteiger partial charge in [-0.2, -0.15) is 0 Å². The first-order valence-corrected chi connectivity index (χ1v) is 9.83. The first kappa shape index (κ1) is 19.1. The first-order valence-electron chi connectivity index (χ1n) is 9.83. The highest BCUT2D eigenvalue weighted by molar-refractivity contribution is 6.05. The number of nitrogen functional groups attached to an aromatic ring is 1. The molecule has 29 heavy (non-hydrogen) atoms. The molecule has 0 aromatic heterocycles. The number of nitrogens with one attached hydrogen (secondary N) is 2. The van der Waals surface area contributed by atoms with Crippen molar-refractivity contribution in [1.82, 2.24) is 15.5 Å². The van der Waals surface area contributed by atoms with Gasteiger partial charge in [-0.05, 0) is 48.2 Å². The number of anilines is 1. The molecule has 2 aromatic carbocycles. The van der Waals surface area contributed by atoms with E-state index in [1.54, 1.807) is 4.90 Å². The molecule has 2 aromatic rings. The van der Waals surface area contributed by atoms with E-state index in [2.05, 4.69) is 10.6 Å². The molecule has 1 atom stereocenters. The molecule has 1 unspecified atom stereocenters. The lowest BCUT2D eigenvalue weighted by Crippen LogP contribution is -2.52. The summed E-state index contributed by atoms with van der Waals surface area (Å²) < 4.78 is 0. The number of amides is 3. The van der Waals surface area contributed by atoms with Gasteiger partial charge in [0.25, 0.3) is 5.91 Å². The van der Waals surface area contributed by atoms with Crippen molar-refractivity contribution in [3.05, 3.63) is 64.7 Å². The van der Waals surface area contributed by atoms with E-state index >= 15 is 0 Å². The van der Waals surface area contributed by atoms with Crippen LogP contribution in [0.1, 0.15) is 39.9 Å². The summed E-state index contributed by atoms with van der Waals surface area (Å²) in [5.74, 6) is -0.799. The molecule has 2 aliphatic heterocycles. The van der Waals surface area contributed by atoms with E-state index in [9.17, 15) is 14.4 Å². The number of benzene rings is 2. The Hall–Kier alpha value is -3.19. The Balaban J connectivity index is 1.41. The summed E-state index contributed by atoms with van der Waals surface area (Å²) in [6.07, 6.45) is 1.48. The Kier molecular flexibility index (Phi) is 5.31. The van der Waals surface area contributed by atoms with Crippen molar-refractivity contribution < 1.29 is 14.4 Å². The van der Waals surface area contributed by atoms with E-state index in [1.807, 2.05) is 42.5 Å². The lowest BCUT2D eigenvalue weighted by atomic mass is 10.0. The molecule has 3 amide bonds. The van der Waals surface area contributed by atoms with Gasteiger partial charge in [-0.3, -0.25) is 19.7 Å². The van der Waals surface area contributed by atoms with E-state index < -0.39 is 6.04 Å². The van der Waals surface area contributed by atoms with Gasteiger partial charge in [0.1, 0.15) is 6.04 Å². The van der Waals surface area contributed by atoms with Crippen molar-refractivity contribution in [3.63, 3.8) is 0 Å². The minimum absolute atomic E-state index is 0.136. The first-order chi connectivity index (χ1) is 14.0. The maximum Gasteiger partial charge on any atom is 0.255 e. The Bertz CT molecular complexity index is 972. The van der Waals surface area contributed by atoms with Crippen LogP contribution in [-0.4, -0.2) is 35.2 Å². The lowest BCUT2D eigenvalue weighted by molar-refractivity contribution is -0.136. The third-order valence-corrected chi connectivity index (χ3v) is 5.50. The minimum Gasteiger partial charge on any atom is -0.399 e. The fraction of sp³-hybridized carbons (Fsp3) is 0.318. The zero-order valence-corrected chi connectivity index (χ0v) is 16.1. The van der Waals surface area contributed by atoms with Gasteiger partial charge < -0.3 is 16.0 Å². The Labute approximate surface area is 169 Å². The fourth-order valence-corrected chi connectivity index (χ4v) is 4.04. The summed E-state index contributed by atoms with van der Waals surface area (Å²) in [5, 5.41) is 5.73. The third kappa shape index (κ3) is 4.00. The van der Waals surface area contributed by atoms with Gasteiger partial charge in [0.2, 0.25) is 11.8 Å². The Morgan fingerprint density at radius 3 is 2.76 bits per heavy atom. The molecule has 0 aliphatic carbocycles. The van der Waals surface area contributed by atoms with Crippen LogP contribution >= 0.6 is 0 Å². The molecule has 1 fully saturated rings. The van der Waals surface area contributed by atoms with E-state index in [0.29, 0.717) is 25.1 Å². The van der Waals surface area contributed by atoms with Crippen LogP contribution in [0.25, 0.3) is 0 Å². The molecule has 2 heterocycles. The molecule has 2 aliphatic rings. The maximum absolute atomic E-state index is 13.1. The molecule has 1 saturated heterocycles. The molecule has 0 bridgehead atoms. The van der Waals surface area contributed by atoms with Crippen LogP contribution < -0.4 is 16.4 Å². The highest BCUT2D eigenvalue weighted by Crippen LogP contribution is 2.29. The number of imide groups is 1. The van der Waals surface area contributed by atoms with Crippen molar-refractivity contribution in [1.29, 1.82) is 0 Å². The summed E-state index contributed by atoms with van der Waals surface area (Å²) in [5.41, 5.74) is 10.3. The fourth-order valence-electron chi connectivity index (χ4n) is 4.04. The van der Waals surface area contributed by atoms with Crippen molar-refractivity contribution >= 4 is 23.4 Å². The molecule has 0 spiro atoms. The average Bonchev–Trinajstić information content (AvgIpc) is 3.02. The smallest absolute Gasteiger partial charge is 0.255 e.